The summed E-state index contributed by atoms with van der Waals surface area (Å²) in [5.74, 6) is -0.258. The van der Waals surface area contributed by atoms with Crippen LogP contribution in [0.1, 0.15) is 206 Å². The third-order valence-electron chi connectivity index (χ3n) is 14.3. The quantitative estimate of drug-likeness (QED) is 0.0204. The SMILES string of the molecule is C/C=C/CC/C=C/CC/C=C/C(O)C(COC1OC(CO)C(OC2OC(CO)C(O)C(O)C2O)C(O)C1O)NC(=O)CCCCCCCCCCCCCCCCCCCCC/C=C\C/C=C\C/C=C\C/C=C\C/C=C\CC. The van der Waals surface area contributed by atoms with Gasteiger partial charge in [-0.1, -0.05) is 213 Å². The monoisotopic (exact) mass is 1100 g/mol. The molecule has 2 fully saturated rings. The summed E-state index contributed by atoms with van der Waals surface area (Å²) in [6.07, 6.45) is 50.9. The highest BCUT2D eigenvalue weighted by Gasteiger charge is 2.51. The van der Waals surface area contributed by atoms with Crippen LogP contribution in [0, 0.1) is 0 Å². The van der Waals surface area contributed by atoms with Crippen LogP contribution in [0.2, 0.25) is 0 Å². The summed E-state index contributed by atoms with van der Waals surface area (Å²) in [5.41, 5.74) is 0. The van der Waals surface area contributed by atoms with Crippen molar-refractivity contribution in [3.05, 3.63) is 97.2 Å². The first-order chi connectivity index (χ1) is 38.1. The molecule has 78 heavy (non-hydrogen) atoms. The first kappa shape index (κ1) is 71.0. The number of nitrogens with one attached hydrogen (secondary N) is 1. The van der Waals surface area contributed by atoms with Crippen molar-refractivity contribution in [1.82, 2.24) is 5.32 Å². The smallest absolute Gasteiger partial charge is 0.220 e. The molecule has 0 bridgehead atoms. The Morgan fingerprint density at radius 2 is 0.910 bits per heavy atom. The lowest BCUT2D eigenvalue weighted by molar-refractivity contribution is -0.359. The van der Waals surface area contributed by atoms with Crippen molar-refractivity contribution < 1.29 is 64.6 Å². The number of aliphatic hydroxyl groups is 8. The maximum absolute atomic E-state index is 13.2. The average molecular weight is 1100 g/mol. The lowest BCUT2D eigenvalue weighted by Gasteiger charge is -2.46. The first-order valence-corrected chi connectivity index (χ1v) is 30.4. The van der Waals surface area contributed by atoms with E-state index >= 15 is 0 Å². The van der Waals surface area contributed by atoms with Crippen molar-refractivity contribution in [2.24, 2.45) is 0 Å². The molecule has 448 valence electrons. The van der Waals surface area contributed by atoms with Crippen LogP contribution in [0.4, 0.5) is 0 Å². The third kappa shape index (κ3) is 33.6. The molecule has 0 aromatic heterocycles. The Morgan fingerprint density at radius 3 is 1.41 bits per heavy atom. The molecule has 2 heterocycles. The van der Waals surface area contributed by atoms with Gasteiger partial charge < -0.3 is 65.1 Å². The average Bonchev–Trinajstić information content (AvgIpc) is 3.47. The van der Waals surface area contributed by atoms with Crippen molar-refractivity contribution in [1.29, 1.82) is 0 Å². The fourth-order valence-corrected chi connectivity index (χ4v) is 9.47. The van der Waals surface area contributed by atoms with Crippen molar-refractivity contribution in [2.75, 3.05) is 19.8 Å². The van der Waals surface area contributed by atoms with Crippen LogP contribution >= 0.6 is 0 Å². The number of hydrogen-bond acceptors (Lipinski definition) is 13. The van der Waals surface area contributed by atoms with E-state index in [1.54, 1.807) is 6.08 Å². The standard InChI is InChI=1S/C64H109NO13/c1-3-5-7-9-11-13-14-15-16-17-18-19-20-21-22-23-24-25-26-27-28-29-30-31-32-33-34-35-36-37-38-40-42-44-46-48-56(69)65-52(53(68)47-45-43-41-39-12-10-8-6-4-2)51-75-63-61(74)59(72)62(55(50-67)77-63)78-64-60(73)58(71)57(70)54(49-66)76-64/h4-7,11-13,15-16,18-19,21-22,39,45,47,52-55,57-64,66-68,70-74H,3,8-10,14,17,20,23-38,40-44,46,48-51H2,1-2H3,(H,65,69)/b6-4+,7-5-,13-11-,16-15-,19-18-,22-21-,39-12+,47-45+. The minimum atomic E-state index is -1.79. The fraction of sp³-hybridized carbons (Fsp3) is 0.734. The number of rotatable bonds is 47. The van der Waals surface area contributed by atoms with Gasteiger partial charge in [-0.3, -0.25) is 4.79 Å². The van der Waals surface area contributed by atoms with Gasteiger partial charge in [0.25, 0.3) is 0 Å². The van der Waals surface area contributed by atoms with Gasteiger partial charge in [-0.15, -0.1) is 0 Å². The van der Waals surface area contributed by atoms with Crippen LogP contribution in [0.5, 0.6) is 0 Å². The number of allylic oxidation sites excluding steroid dienone is 15. The molecule has 0 aromatic carbocycles. The van der Waals surface area contributed by atoms with E-state index in [4.69, 9.17) is 18.9 Å². The van der Waals surface area contributed by atoms with Crippen LogP contribution < -0.4 is 5.32 Å². The summed E-state index contributed by atoms with van der Waals surface area (Å²) in [7, 11) is 0. The van der Waals surface area contributed by atoms with Gasteiger partial charge in [-0.05, 0) is 84.0 Å². The number of carbonyl (C=O) groups is 1. The number of carbonyl (C=O) groups excluding carboxylic acids is 1. The lowest BCUT2D eigenvalue weighted by atomic mass is 9.97. The number of aliphatic hydroxyl groups excluding tert-OH is 8. The van der Waals surface area contributed by atoms with E-state index in [1.165, 1.54) is 103 Å². The molecule has 2 saturated heterocycles. The van der Waals surface area contributed by atoms with Crippen LogP contribution in [-0.4, -0.2) is 140 Å². The number of hydrogen-bond donors (Lipinski definition) is 9. The van der Waals surface area contributed by atoms with E-state index < -0.39 is 86.8 Å². The van der Waals surface area contributed by atoms with E-state index in [0.717, 1.165) is 70.6 Å². The highest BCUT2D eigenvalue weighted by atomic mass is 16.7. The van der Waals surface area contributed by atoms with E-state index in [0.29, 0.717) is 12.8 Å². The zero-order chi connectivity index (χ0) is 56.7. The van der Waals surface area contributed by atoms with Gasteiger partial charge in [-0.25, -0.2) is 0 Å². The Bertz CT molecular complexity index is 1680. The topological polar surface area (TPSA) is 228 Å². The normalized spacial score (nSPS) is 25.3. The zero-order valence-corrected chi connectivity index (χ0v) is 48.1. The largest absolute Gasteiger partial charge is 0.394 e. The molecule has 0 aliphatic carbocycles. The number of unbranched alkanes of at least 4 members (excludes halogenated alkanes) is 21. The van der Waals surface area contributed by atoms with Gasteiger partial charge in [0, 0.05) is 6.42 Å². The molecule has 0 spiro atoms. The van der Waals surface area contributed by atoms with Gasteiger partial charge in [0.2, 0.25) is 5.91 Å². The number of amides is 1. The van der Waals surface area contributed by atoms with E-state index in [-0.39, 0.29) is 18.9 Å². The Balaban J connectivity index is 1.58. The van der Waals surface area contributed by atoms with E-state index in [1.807, 2.05) is 19.1 Å². The molecular formula is C64H109NO13. The van der Waals surface area contributed by atoms with Gasteiger partial charge in [-0.2, -0.15) is 0 Å². The minimum absolute atomic E-state index is 0.258. The minimum Gasteiger partial charge on any atom is -0.394 e. The molecular weight excluding hydrogens is 991 g/mol. The van der Waals surface area contributed by atoms with Crippen molar-refractivity contribution >= 4 is 5.91 Å². The Kier molecular flexibility index (Phi) is 44.3. The maximum Gasteiger partial charge on any atom is 0.220 e. The van der Waals surface area contributed by atoms with Crippen LogP contribution in [0.3, 0.4) is 0 Å². The second-order valence-electron chi connectivity index (χ2n) is 21.1. The highest BCUT2D eigenvalue weighted by Crippen LogP contribution is 2.30. The molecule has 0 aromatic rings. The molecule has 0 radical (unpaired) electrons. The van der Waals surface area contributed by atoms with Gasteiger partial charge in [0.05, 0.1) is 32.0 Å². The molecule has 9 N–H and O–H groups in total. The van der Waals surface area contributed by atoms with E-state index in [2.05, 4.69) is 91.2 Å². The van der Waals surface area contributed by atoms with Crippen LogP contribution in [-0.2, 0) is 23.7 Å². The number of ether oxygens (including phenoxy) is 4. The Hall–Kier alpha value is -3.09. The Labute approximate surface area is 471 Å². The van der Waals surface area contributed by atoms with Crippen molar-refractivity contribution in [2.45, 2.75) is 280 Å². The summed E-state index contributed by atoms with van der Waals surface area (Å²) >= 11 is 0. The lowest BCUT2D eigenvalue weighted by Crippen LogP contribution is -2.65. The molecule has 2 aliphatic heterocycles. The summed E-state index contributed by atoms with van der Waals surface area (Å²) in [6.45, 7) is 2.40. The van der Waals surface area contributed by atoms with Gasteiger partial charge in [0.1, 0.15) is 48.8 Å². The molecule has 14 heteroatoms. The van der Waals surface area contributed by atoms with Gasteiger partial charge >= 0.3 is 0 Å². The maximum atomic E-state index is 13.2. The molecule has 0 saturated carbocycles. The summed E-state index contributed by atoms with van der Waals surface area (Å²) < 4.78 is 22.7. The molecule has 14 nitrogen and oxygen atoms in total. The molecule has 12 unspecified atom stereocenters. The molecule has 2 rings (SSSR count). The Morgan fingerprint density at radius 1 is 0.487 bits per heavy atom. The summed E-state index contributed by atoms with van der Waals surface area (Å²) in [6, 6.07) is -0.939. The van der Waals surface area contributed by atoms with Crippen molar-refractivity contribution in [3.8, 4) is 0 Å². The van der Waals surface area contributed by atoms with Crippen LogP contribution in [0.25, 0.3) is 0 Å². The van der Waals surface area contributed by atoms with Gasteiger partial charge in [0.15, 0.2) is 12.6 Å². The zero-order valence-electron chi connectivity index (χ0n) is 48.1. The summed E-state index contributed by atoms with van der Waals surface area (Å²) in [5, 5.41) is 86.7. The molecule has 2 aliphatic rings. The predicted octanol–water partition coefficient (Wildman–Crippen LogP) is 10.7. The summed E-state index contributed by atoms with van der Waals surface area (Å²) in [4.78, 5) is 13.2. The fourth-order valence-electron chi connectivity index (χ4n) is 9.47. The van der Waals surface area contributed by atoms with E-state index in [9.17, 15) is 45.6 Å². The predicted molar refractivity (Wildman–Crippen MR) is 313 cm³/mol. The third-order valence-corrected chi connectivity index (χ3v) is 14.3. The molecule has 1 amide bonds. The highest BCUT2D eigenvalue weighted by molar-refractivity contribution is 5.76. The van der Waals surface area contributed by atoms with Crippen molar-refractivity contribution in [3.63, 3.8) is 0 Å². The second-order valence-corrected chi connectivity index (χ2v) is 21.1. The second kappa shape index (κ2) is 48.6. The van der Waals surface area contributed by atoms with Crippen LogP contribution in [0.15, 0.2) is 97.2 Å². The molecule has 12 atom stereocenters. The first-order valence-electron chi connectivity index (χ1n) is 30.4.